The molecule has 1 aliphatic carbocycles. The fourth-order valence-corrected chi connectivity index (χ4v) is 3.17. The summed E-state index contributed by atoms with van der Waals surface area (Å²) in [6.45, 7) is 6.15. The predicted molar refractivity (Wildman–Crippen MR) is 77.5 cm³/mol. The van der Waals surface area contributed by atoms with Gasteiger partial charge in [0.2, 0.25) is 11.8 Å². The van der Waals surface area contributed by atoms with Gasteiger partial charge in [-0.25, -0.2) is 0 Å². The minimum Gasteiger partial charge on any atom is -0.464 e. The maximum atomic E-state index is 13.0. The number of amides is 2. The van der Waals surface area contributed by atoms with Crippen molar-refractivity contribution in [3.8, 4) is 0 Å². The van der Waals surface area contributed by atoms with E-state index in [1.54, 1.807) is 4.90 Å². The van der Waals surface area contributed by atoms with E-state index in [1.807, 2.05) is 32.9 Å². The van der Waals surface area contributed by atoms with Gasteiger partial charge in [-0.05, 0) is 51.7 Å². The molecule has 2 unspecified atom stereocenters. The SMILES string of the molecule is Cc1ccc(C(C)N2CCC(=O)NC(C)(C3CC3)C2=O)o1. The minimum absolute atomic E-state index is 0.0115. The lowest BCUT2D eigenvalue weighted by Gasteiger charge is -2.34. The van der Waals surface area contributed by atoms with Crippen LogP contribution >= 0.6 is 0 Å². The first-order valence-corrected chi connectivity index (χ1v) is 7.60. The third-order valence-electron chi connectivity index (χ3n) is 4.72. The first-order valence-electron chi connectivity index (χ1n) is 7.60. The van der Waals surface area contributed by atoms with Crippen molar-refractivity contribution in [2.75, 3.05) is 6.54 Å². The summed E-state index contributed by atoms with van der Waals surface area (Å²) in [5.41, 5.74) is -0.760. The van der Waals surface area contributed by atoms with E-state index >= 15 is 0 Å². The molecule has 1 N–H and O–H groups in total. The zero-order chi connectivity index (χ0) is 15.2. The van der Waals surface area contributed by atoms with Crippen molar-refractivity contribution in [1.82, 2.24) is 10.2 Å². The summed E-state index contributed by atoms with van der Waals surface area (Å²) >= 11 is 0. The fourth-order valence-electron chi connectivity index (χ4n) is 3.17. The van der Waals surface area contributed by atoms with Crippen LogP contribution in [0, 0.1) is 12.8 Å². The smallest absolute Gasteiger partial charge is 0.248 e. The van der Waals surface area contributed by atoms with Crippen LogP contribution in [0.4, 0.5) is 0 Å². The lowest BCUT2D eigenvalue weighted by Crippen LogP contribution is -2.57. The number of hydrogen-bond acceptors (Lipinski definition) is 3. The molecule has 2 aliphatic rings. The van der Waals surface area contributed by atoms with E-state index in [0.29, 0.717) is 13.0 Å². The second-order valence-corrected chi connectivity index (χ2v) is 6.40. The lowest BCUT2D eigenvalue weighted by atomic mass is 9.93. The van der Waals surface area contributed by atoms with E-state index in [9.17, 15) is 9.59 Å². The van der Waals surface area contributed by atoms with Crippen LogP contribution in [0.2, 0.25) is 0 Å². The predicted octanol–water partition coefficient (Wildman–Crippen LogP) is 2.17. The van der Waals surface area contributed by atoms with Gasteiger partial charge >= 0.3 is 0 Å². The highest BCUT2D eigenvalue weighted by Gasteiger charge is 2.51. The number of rotatable bonds is 3. The summed E-state index contributed by atoms with van der Waals surface area (Å²) in [4.78, 5) is 26.7. The van der Waals surface area contributed by atoms with Gasteiger partial charge in [0, 0.05) is 13.0 Å². The molecule has 2 heterocycles. The highest BCUT2D eigenvalue weighted by atomic mass is 16.3. The maximum absolute atomic E-state index is 13.0. The molecule has 1 saturated heterocycles. The van der Waals surface area contributed by atoms with Gasteiger partial charge in [0.05, 0.1) is 6.04 Å². The number of nitrogens with one attached hydrogen (secondary N) is 1. The van der Waals surface area contributed by atoms with E-state index < -0.39 is 5.54 Å². The van der Waals surface area contributed by atoms with Crippen LogP contribution in [0.15, 0.2) is 16.5 Å². The molecule has 1 saturated carbocycles. The molecular formula is C16H22N2O3. The third kappa shape index (κ3) is 2.45. The normalized spacial score (nSPS) is 28.2. The number of aryl methyl sites for hydroxylation is 1. The topological polar surface area (TPSA) is 62.6 Å². The molecular weight excluding hydrogens is 268 g/mol. The second kappa shape index (κ2) is 4.90. The third-order valence-corrected chi connectivity index (χ3v) is 4.72. The van der Waals surface area contributed by atoms with Crippen molar-refractivity contribution in [2.45, 2.75) is 51.6 Å². The average molecular weight is 290 g/mol. The maximum Gasteiger partial charge on any atom is 0.248 e. The molecule has 5 nitrogen and oxygen atoms in total. The Morgan fingerprint density at radius 3 is 2.67 bits per heavy atom. The fraction of sp³-hybridized carbons (Fsp3) is 0.625. The standard InChI is InChI=1S/C16H22N2O3/c1-10-4-7-13(21-10)11(2)18-9-8-14(19)17-16(3,15(18)20)12-5-6-12/h4,7,11-12H,5-6,8-9H2,1-3H3,(H,17,19). The number of carbonyl (C=O) groups is 2. The van der Waals surface area contributed by atoms with Gasteiger partial charge in [0.1, 0.15) is 17.1 Å². The Morgan fingerprint density at radius 2 is 2.10 bits per heavy atom. The molecule has 5 heteroatoms. The summed E-state index contributed by atoms with van der Waals surface area (Å²) in [5, 5.41) is 2.95. The molecule has 1 aromatic rings. The number of nitrogens with zero attached hydrogens (tertiary/aromatic N) is 1. The van der Waals surface area contributed by atoms with Crippen LogP contribution in [-0.4, -0.2) is 28.8 Å². The van der Waals surface area contributed by atoms with Crippen LogP contribution in [0.1, 0.15) is 50.7 Å². The van der Waals surface area contributed by atoms with Gasteiger partial charge in [-0.15, -0.1) is 0 Å². The van der Waals surface area contributed by atoms with Crippen LogP contribution in [0.25, 0.3) is 0 Å². The molecule has 0 radical (unpaired) electrons. The number of hydrogen-bond donors (Lipinski definition) is 1. The van der Waals surface area contributed by atoms with Crippen molar-refractivity contribution in [2.24, 2.45) is 5.92 Å². The Labute approximate surface area is 124 Å². The quantitative estimate of drug-likeness (QED) is 0.928. The van der Waals surface area contributed by atoms with Gasteiger partial charge in [-0.1, -0.05) is 0 Å². The Morgan fingerprint density at radius 1 is 1.38 bits per heavy atom. The summed E-state index contributed by atoms with van der Waals surface area (Å²) in [5.74, 6) is 1.84. The van der Waals surface area contributed by atoms with Crippen LogP contribution in [-0.2, 0) is 9.59 Å². The van der Waals surface area contributed by atoms with Crippen LogP contribution < -0.4 is 5.32 Å². The second-order valence-electron chi connectivity index (χ2n) is 6.40. The first kappa shape index (κ1) is 14.2. The van der Waals surface area contributed by atoms with E-state index in [1.165, 1.54) is 0 Å². The van der Waals surface area contributed by atoms with Gasteiger partial charge < -0.3 is 14.6 Å². The molecule has 114 valence electrons. The molecule has 21 heavy (non-hydrogen) atoms. The Balaban J connectivity index is 1.89. The molecule has 0 spiro atoms. The lowest BCUT2D eigenvalue weighted by molar-refractivity contribution is -0.141. The zero-order valence-corrected chi connectivity index (χ0v) is 12.8. The Hall–Kier alpha value is -1.78. The van der Waals surface area contributed by atoms with E-state index in [0.717, 1.165) is 24.4 Å². The van der Waals surface area contributed by atoms with Crippen LogP contribution in [0.5, 0.6) is 0 Å². The molecule has 0 bridgehead atoms. The monoisotopic (exact) mass is 290 g/mol. The molecule has 0 aromatic carbocycles. The summed E-state index contributed by atoms with van der Waals surface area (Å²) in [7, 11) is 0. The highest BCUT2D eigenvalue weighted by Crippen LogP contribution is 2.42. The van der Waals surface area contributed by atoms with Crippen molar-refractivity contribution in [3.05, 3.63) is 23.7 Å². The van der Waals surface area contributed by atoms with Crippen molar-refractivity contribution in [1.29, 1.82) is 0 Å². The number of carbonyl (C=O) groups excluding carboxylic acids is 2. The number of furan rings is 1. The molecule has 3 rings (SSSR count). The van der Waals surface area contributed by atoms with E-state index in [2.05, 4.69) is 5.32 Å². The van der Waals surface area contributed by atoms with E-state index in [4.69, 9.17) is 4.42 Å². The Bertz CT molecular complexity index is 576. The van der Waals surface area contributed by atoms with Gasteiger partial charge in [-0.2, -0.15) is 0 Å². The highest BCUT2D eigenvalue weighted by molar-refractivity contribution is 5.94. The molecule has 1 aromatic heterocycles. The molecule has 2 amide bonds. The Kier molecular flexibility index (Phi) is 3.30. The van der Waals surface area contributed by atoms with Gasteiger partial charge in [0.25, 0.3) is 0 Å². The summed E-state index contributed by atoms with van der Waals surface area (Å²) in [6, 6.07) is 3.65. The largest absolute Gasteiger partial charge is 0.464 e. The van der Waals surface area contributed by atoms with Gasteiger partial charge in [-0.3, -0.25) is 9.59 Å². The summed E-state index contributed by atoms with van der Waals surface area (Å²) < 4.78 is 5.66. The molecule has 1 aliphatic heterocycles. The average Bonchev–Trinajstić information content (AvgIpc) is 3.21. The summed E-state index contributed by atoms with van der Waals surface area (Å²) in [6.07, 6.45) is 2.35. The van der Waals surface area contributed by atoms with Crippen molar-refractivity contribution < 1.29 is 14.0 Å². The first-order chi connectivity index (χ1) is 9.91. The van der Waals surface area contributed by atoms with Gasteiger partial charge in [0.15, 0.2) is 0 Å². The van der Waals surface area contributed by atoms with Crippen LogP contribution in [0.3, 0.4) is 0 Å². The van der Waals surface area contributed by atoms with Crippen molar-refractivity contribution in [3.63, 3.8) is 0 Å². The van der Waals surface area contributed by atoms with E-state index in [-0.39, 0.29) is 23.8 Å². The van der Waals surface area contributed by atoms with Crippen molar-refractivity contribution >= 4 is 11.8 Å². The zero-order valence-electron chi connectivity index (χ0n) is 12.8. The molecule has 2 atom stereocenters. The minimum atomic E-state index is -0.760. The molecule has 2 fully saturated rings.